The molecule has 37 heavy (non-hydrogen) atoms. The molecule has 1 saturated heterocycles. The monoisotopic (exact) mass is 519 g/mol. The number of nitrogens with zero attached hydrogens (tertiary/aromatic N) is 3. The van der Waals surface area contributed by atoms with Gasteiger partial charge in [-0.05, 0) is 59.9 Å². The molecule has 1 aliphatic rings. The number of nitro groups is 1. The lowest BCUT2D eigenvalue weighted by atomic mass is 10.0. The van der Waals surface area contributed by atoms with Crippen LogP contribution in [0, 0.1) is 10.1 Å². The maximum absolute atomic E-state index is 13.6. The van der Waals surface area contributed by atoms with Crippen LogP contribution in [0.15, 0.2) is 72.8 Å². The van der Waals surface area contributed by atoms with E-state index in [-0.39, 0.29) is 24.2 Å². The van der Waals surface area contributed by atoms with Gasteiger partial charge in [0, 0.05) is 29.3 Å². The van der Waals surface area contributed by atoms with E-state index in [0.717, 1.165) is 16.0 Å². The van der Waals surface area contributed by atoms with Gasteiger partial charge in [-0.15, -0.1) is 0 Å². The zero-order valence-electron chi connectivity index (χ0n) is 20.5. The predicted molar refractivity (Wildman–Crippen MR) is 141 cm³/mol. The molecule has 8 nitrogen and oxygen atoms in total. The Morgan fingerprint density at radius 2 is 1.76 bits per heavy atom. The van der Waals surface area contributed by atoms with Crippen LogP contribution < -0.4 is 4.90 Å². The Bertz CT molecular complexity index is 1340. The van der Waals surface area contributed by atoms with Crippen LogP contribution in [-0.2, 0) is 16.0 Å². The van der Waals surface area contributed by atoms with Crippen LogP contribution in [0.3, 0.4) is 0 Å². The molecular weight excluding hydrogens is 494 g/mol. The summed E-state index contributed by atoms with van der Waals surface area (Å²) in [4.78, 5) is 53.1. The van der Waals surface area contributed by atoms with Gasteiger partial charge in [-0.3, -0.25) is 24.5 Å². The maximum Gasteiger partial charge on any atom is 0.269 e. The van der Waals surface area contributed by atoms with Gasteiger partial charge < -0.3 is 4.90 Å². The molecule has 4 rings (SSSR count). The van der Waals surface area contributed by atoms with Crippen LogP contribution >= 0.6 is 11.6 Å². The number of benzene rings is 3. The molecule has 1 atom stereocenters. The summed E-state index contributed by atoms with van der Waals surface area (Å²) in [5.41, 5.74) is 2.45. The van der Waals surface area contributed by atoms with E-state index < -0.39 is 28.7 Å². The average Bonchev–Trinajstić information content (AvgIpc) is 3.17. The first-order valence-corrected chi connectivity index (χ1v) is 12.3. The van der Waals surface area contributed by atoms with Crippen molar-refractivity contribution in [3.05, 3.63) is 105 Å². The quantitative estimate of drug-likeness (QED) is 0.226. The minimum absolute atomic E-state index is 0.148. The van der Waals surface area contributed by atoms with E-state index in [9.17, 15) is 24.5 Å². The van der Waals surface area contributed by atoms with Gasteiger partial charge in [-0.1, -0.05) is 49.7 Å². The molecule has 9 heteroatoms. The standard InChI is InChI=1S/C28H26ClN3O5/c1-18(2)20-6-10-23(11-7-20)31-26(33)17-25(28(31)35)30(15-14-19-4-3-5-22(29)16-19)27(34)21-8-12-24(13-9-21)32(36)37/h3-13,16,18,25H,14-15,17H2,1-2H3. The first kappa shape index (κ1) is 26.0. The Kier molecular flexibility index (Phi) is 7.69. The molecule has 0 spiro atoms. The van der Waals surface area contributed by atoms with Crippen molar-refractivity contribution in [3.63, 3.8) is 0 Å². The number of anilines is 1. The number of carbonyl (C=O) groups is 3. The van der Waals surface area contributed by atoms with Crippen molar-refractivity contribution in [1.29, 1.82) is 0 Å². The third-order valence-electron chi connectivity index (χ3n) is 6.43. The number of nitro benzene ring substituents is 1. The van der Waals surface area contributed by atoms with E-state index in [1.54, 1.807) is 30.3 Å². The molecule has 190 valence electrons. The highest BCUT2D eigenvalue weighted by Gasteiger charge is 2.44. The van der Waals surface area contributed by atoms with Crippen molar-refractivity contribution < 1.29 is 19.3 Å². The second kappa shape index (κ2) is 10.9. The van der Waals surface area contributed by atoms with Crippen LogP contribution in [0.1, 0.15) is 47.7 Å². The van der Waals surface area contributed by atoms with Crippen molar-refractivity contribution in [3.8, 4) is 0 Å². The minimum atomic E-state index is -1.00. The summed E-state index contributed by atoms with van der Waals surface area (Å²) in [5, 5.41) is 11.6. The highest BCUT2D eigenvalue weighted by molar-refractivity contribution is 6.30. The van der Waals surface area contributed by atoms with Crippen molar-refractivity contribution in [2.24, 2.45) is 0 Å². The SMILES string of the molecule is CC(C)c1ccc(N2C(=O)CC(N(CCc3cccc(Cl)c3)C(=O)c3ccc([N+](=O)[O-])cc3)C2=O)cc1. The van der Waals surface area contributed by atoms with Crippen molar-refractivity contribution in [2.45, 2.75) is 38.6 Å². The molecule has 3 amide bonds. The fourth-order valence-corrected chi connectivity index (χ4v) is 4.58. The van der Waals surface area contributed by atoms with Gasteiger partial charge in [0.1, 0.15) is 6.04 Å². The summed E-state index contributed by atoms with van der Waals surface area (Å²) in [7, 11) is 0. The molecule has 3 aromatic carbocycles. The molecule has 0 N–H and O–H groups in total. The summed E-state index contributed by atoms with van der Waals surface area (Å²) in [6.45, 7) is 4.26. The second-order valence-corrected chi connectivity index (χ2v) is 9.65. The predicted octanol–water partition coefficient (Wildman–Crippen LogP) is 5.39. The lowest BCUT2D eigenvalue weighted by Gasteiger charge is -2.28. The zero-order valence-corrected chi connectivity index (χ0v) is 21.2. The largest absolute Gasteiger partial charge is 0.326 e. The Labute approximate surface area is 219 Å². The number of carbonyl (C=O) groups excluding carboxylic acids is 3. The fraction of sp³-hybridized carbons (Fsp3) is 0.250. The molecule has 1 heterocycles. The van der Waals surface area contributed by atoms with Gasteiger partial charge in [-0.25, -0.2) is 4.90 Å². The Balaban J connectivity index is 1.63. The first-order chi connectivity index (χ1) is 17.7. The van der Waals surface area contributed by atoms with E-state index in [1.807, 2.05) is 18.2 Å². The number of hydrogen-bond donors (Lipinski definition) is 0. The van der Waals surface area contributed by atoms with Gasteiger partial charge in [0.15, 0.2) is 0 Å². The first-order valence-electron chi connectivity index (χ1n) is 11.9. The Morgan fingerprint density at radius 3 is 2.35 bits per heavy atom. The second-order valence-electron chi connectivity index (χ2n) is 9.22. The van der Waals surface area contributed by atoms with E-state index in [0.29, 0.717) is 23.0 Å². The lowest BCUT2D eigenvalue weighted by Crippen LogP contribution is -2.46. The van der Waals surface area contributed by atoms with Gasteiger partial charge in [0.25, 0.3) is 17.5 Å². The van der Waals surface area contributed by atoms with E-state index in [1.165, 1.54) is 29.2 Å². The number of rotatable bonds is 8. The minimum Gasteiger partial charge on any atom is -0.326 e. The highest BCUT2D eigenvalue weighted by Crippen LogP contribution is 2.29. The summed E-state index contributed by atoms with van der Waals surface area (Å²) in [6.07, 6.45) is 0.249. The normalized spacial score (nSPS) is 15.4. The summed E-state index contributed by atoms with van der Waals surface area (Å²) in [6, 6.07) is 18.6. The molecule has 1 fully saturated rings. The Morgan fingerprint density at radius 1 is 1.08 bits per heavy atom. The van der Waals surface area contributed by atoms with Crippen LogP contribution in [-0.4, -0.2) is 40.1 Å². The molecule has 0 saturated carbocycles. The molecule has 0 aliphatic carbocycles. The maximum atomic E-state index is 13.6. The van der Waals surface area contributed by atoms with E-state index >= 15 is 0 Å². The van der Waals surface area contributed by atoms with E-state index in [4.69, 9.17) is 11.6 Å². The summed E-state index contributed by atoms with van der Waals surface area (Å²) >= 11 is 6.10. The number of amides is 3. The summed E-state index contributed by atoms with van der Waals surface area (Å²) < 4.78 is 0. The highest BCUT2D eigenvalue weighted by atomic mass is 35.5. The topological polar surface area (TPSA) is 101 Å². The number of halogens is 1. The number of hydrogen-bond acceptors (Lipinski definition) is 5. The smallest absolute Gasteiger partial charge is 0.269 e. The molecular formula is C28H26ClN3O5. The van der Waals surface area contributed by atoms with Crippen molar-refractivity contribution in [1.82, 2.24) is 4.90 Å². The van der Waals surface area contributed by atoms with Gasteiger partial charge >= 0.3 is 0 Å². The van der Waals surface area contributed by atoms with Gasteiger partial charge in [-0.2, -0.15) is 0 Å². The average molecular weight is 520 g/mol. The van der Waals surface area contributed by atoms with Gasteiger partial charge in [0.05, 0.1) is 17.0 Å². The third-order valence-corrected chi connectivity index (χ3v) is 6.67. The lowest BCUT2D eigenvalue weighted by molar-refractivity contribution is -0.384. The van der Waals surface area contributed by atoms with Crippen LogP contribution in [0.2, 0.25) is 5.02 Å². The number of imide groups is 1. The van der Waals surface area contributed by atoms with Crippen LogP contribution in [0.4, 0.5) is 11.4 Å². The molecule has 1 unspecified atom stereocenters. The third kappa shape index (κ3) is 5.70. The number of non-ortho nitro benzene ring substituents is 1. The van der Waals surface area contributed by atoms with Crippen molar-refractivity contribution >= 4 is 40.7 Å². The van der Waals surface area contributed by atoms with Crippen molar-refractivity contribution in [2.75, 3.05) is 11.4 Å². The molecule has 0 aromatic heterocycles. The Hall–Kier alpha value is -4.04. The molecule has 1 aliphatic heterocycles. The molecule has 0 radical (unpaired) electrons. The van der Waals surface area contributed by atoms with Gasteiger partial charge in [0.2, 0.25) is 5.91 Å². The zero-order chi connectivity index (χ0) is 26.7. The van der Waals surface area contributed by atoms with E-state index in [2.05, 4.69) is 13.8 Å². The van der Waals surface area contributed by atoms with Crippen LogP contribution in [0.5, 0.6) is 0 Å². The fourth-order valence-electron chi connectivity index (χ4n) is 4.37. The molecule has 3 aromatic rings. The molecule has 0 bridgehead atoms. The summed E-state index contributed by atoms with van der Waals surface area (Å²) in [5.74, 6) is -1.06. The van der Waals surface area contributed by atoms with Crippen LogP contribution in [0.25, 0.3) is 0 Å².